The Balaban J connectivity index is 1.89. The van der Waals surface area contributed by atoms with Gasteiger partial charge >= 0.3 is 0 Å². The highest BCUT2D eigenvalue weighted by molar-refractivity contribution is 7.21. The van der Waals surface area contributed by atoms with Gasteiger partial charge in [-0.15, -0.1) is 17.8 Å². The van der Waals surface area contributed by atoms with Gasteiger partial charge in [0.05, 0.1) is 11.9 Å². The van der Waals surface area contributed by atoms with E-state index in [1.54, 1.807) is 29.7 Å². The molecule has 3 aromatic heterocycles. The van der Waals surface area contributed by atoms with E-state index in [-0.39, 0.29) is 5.56 Å². The van der Waals surface area contributed by atoms with Gasteiger partial charge in [-0.25, -0.2) is 4.98 Å². The Morgan fingerprint density at radius 1 is 1.25 bits per heavy atom. The molecular formula is C18H11N3OS2. The Morgan fingerprint density at radius 2 is 2.17 bits per heavy atom. The maximum atomic E-state index is 12.3. The standard InChI is InChI=1S/C18H11N3OS2/c1-2-9-21(13-5-6-15-12(11-13)7-10-23-15)18-20-16(22)14-4-3-8-19-17(14)24-18/h1,3-8,10-11H,9H2. The molecule has 0 N–H and O–H groups in total. The minimum atomic E-state index is -0.287. The fourth-order valence-corrected chi connectivity index (χ4v) is 4.22. The van der Waals surface area contributed by atoms with Crippen molar-refractivity contribution < 1.29 is 0 Å². The van der Waals surface area contributed by atoms with Crippen LogP contribution in [0.5, 0.6) is 0 Å². The van der Waals surface area contributed by atoms with Crippen molar-refractivity contribution in [2.75, 3.05) is 11.4 Å². The molecule has 4 aromatic rings. The molecule has 0 aliphatic carbocycles. The molecule has 116 valence electrons. The zero-order valence-corrected chi connectivity index (χ0v) is 14.1. The molecule has 6 heteroatoms. The number of rotatable bonds is 3. The Labute approximate surface area is 146 Å². The van der Waals surface area contributed by atoms with Crippen LogP contribution in [0.25, 0.3) is 20.3 Å². The SMILES string of the molecule is C#CCN(c1ccc2sccc2c1)c1nc(=O)c2cccnc2s1. The Hall–Kier alpha value is -2.75. The van der Waals surface area contributed by atoms with Gasteiger partial charge in [-0.3, -0.25) is 4.79 Å². The fourth-order valence-electron chi connectivity index (χ4n) is 2.49. The Bertz CT molecular complexity index is 1140. The van der Waals surface area contributed by atoms with Gasteiger partial charge in [-0.2, -0.15) is 4.98 Å². The summed E-state index contributed by atoms with van der Waals surface area (Å²) in [5, 5.41) is 4.28. The molecule has 3 heterocycles. The van der Waals surface area contributed by atoms with Crippen LogP contribution in [0.4, 0.5) is 10.8 Å². The van der Waals surface area contributed by atoms with Crippen LogP contribution in [0.2, 0.25) is 0 Å². The van der Waals surface area contributed by atoms with Crippen LogP contribution in [0.1, 0.15) is 0 Å². The molecule has 4 nitrogen and oxygen atoms in total. The average molecular weight is 349 g/mol. The lowest BCUT2D eigenvalue weighted by molar-refractivity contribution is 1.08. The number of terminal acetylenes is 1. The summed E-state index contributed by atoms with van der Waals surface area (Å²) in [5.74, 6) is 2.65. The second-order valence-corrected chi connectivity index (χ2v) is 6.99. The van der Waals surface area contributed by atoms with E-state index in [9.17, 15) is 4.79 Å². The first-order valence-corrected chi connectivity index (χ1v) is 8.90. The van der Waals surface area contributed by atoms with E-state index in [0.717, 1.165) is 11.1 Å². The topological polar surface area (TPSA) is 46.1 Å². The lowest BCUT2D eigenvalue weighted by Gasteiger charge is -2.20. The van der Waals surface area contributed by atoms with Crippen molar-refractivity contribution in [1.29, 1.82) is 0 Å². The molecule has 0 atom stereocenters. The zero-order chi connectivity index (χ0) is 16.5. The van der Waals surface area contributed by atoms with Gasteiger partial charge in [0.2, 0.25) is 0 Å². The van der Waals surface area contributed by atoms with Crippen molar-refractivity contribution in [3.05, 3.63) is 58.3 Å². The molecule has 0 aliphatic heterocycles. The highest BCUT2D eigenvalue weighted by Gasteiger charge is 2.14. The van der Waals surface area contributed by atoms with Crippen LogP contribution in [-0.4, -0.2) is 16.5 Å². The van der Waals surface area contributed by atoms with Gasteiger partial charge < -0.3 is 4.90 Å². The first kappa shape index (κ1) is 14.8. The molecule has 0 aliphatic rings. The van der Waals surface area contributed by atoms with Crippen LogP contribution in [0.15, 0.2) is 52.8 Å². The molecule has 0 amide bonds. The maximum absolute atomic E-state index is 12.3. The molecule has 4 rings (SSSR count). The smallest absolute Gasteiger partial charge is 0.282 e. The molecule has 24 heavy (non-hydrogen) atoms. The Morgan fingerprint density at radius 3 is 3.04 bits per heavy atom. The van der Waals surface area contributed by atoms with Gasteiger partial charge in [0.25, 0.3) is 5.56 Å². The number of pyridine rings is 1. The largest absolute Gasteiger partial charge is 0.306 e. The first-order valence-electron chi connectivity index (χ1n) is 7.20. The van der Waals surface area contributed by atoms with Gasteiger partial charge in [-0.1, -0.05) is 17.3 Å². The van der Waals surface area contributed by atoms with Crippen molar-refractivity contribution >= 4 is 53.8 Å². The second kappa shape index (κ2) is 6.04. The first-order chi connectivity index (χ1) is 11.8. The van der Waals surface area contributed by atoms with Gasteiger partial charge in [-0.05, 0) is 47.2 Å². The van der Waals surface area contributed by atoms with Crippen molar-refractivity contribution in [2.45, 2.75) is 0 Å². The highest BCUT2D eigenvalue weighted by Crippen LogP contribution is 2.32. The predicted octanol–water partition coefficient (Wildman–Crippen LogP) is 4.04. The van der Waals surface area contributed by atoms with Crippen molar-refractivity contribution in [3.63, 3.8) is 0 Å². The highest BCUT2D eigenvalue weighted by atomic mass is 32.1. The summed E-state index contributed by atoms with van der Waals surface area (Å²) in [6.45, 7) is 0.330. The van der Waals surface area contributed by atoms with E-state index in [1.807, 2.05) is 11.0 Å². The molecule has 0 saturated heterocycles. The second-order valence-electron chi connectivity index (χ2n) is 5.09. The summed E-state index contributed by atoms with van der Waals surface area (Å²) in [5.41, 5.74) is 0.628. The molecule has 0 spiro atoms. The summed E-state index contributed by atoms with van der Waals surface area (Å²) >= 11 is 3.05. The number of fused-ring (bicyclic) bond motifs is 2. The van der Waals surface area contributed by atoms with Gasteiger partial charge in [0.1, 0.15) is 4.83 Å². The van der Waals surface area contributed by atoms with E-state index in [0.29, 0.717) is 21.9 Å². The normalized spacial score (nSPS) is 10.8. The lowest BCUT2D eigenvalue weighted by Crippen LogP contribution is -2.20. The zero-order valence-electron chi connectivity index (χ0n) is 12.5. The summed E-state index contributed by atoms with van der Waals surface area (Å²) < 4.78 is 1.21. The molecule has 1 aromatic carbocycles. The molecule has 0 bridgehead atoms. The van der Waals surface area contributed by atoms with E-state index in [2.05, 4.69) is 39.5 Å². The number of aromatic nitrogens is 2. The number of anilines is 2. The number of benzene rings is 1. The number of thiophene rings is 1. The molecule has 0 saturated carbocycles. The van der Waals surface area contributed by atoms with E-state index in [1.165, 1.54) is 16.0 Å². The summed E-state index contributed by atoms with van der Waals surface area (Å²) in [6.07, 6.45) is 7.21. The summed E-state index contributed by atoms with van der Waals surface area (Å²) in [7, 11) is 0. The van der Waals surface area contributed by atoms with Crippen LogP contribution < -0.4 is 10.5 Å². The van der Waals surface area contributed by atoms with E-state index >= 15 is 0 Å². The van der Waals surface area contributed by atoms with Crippen molar-refractivity contribution in [3.8, 4) is 12.3 Å². The molecule has 0 unspecified atom stereocenters. The van der Waals surface area contributed by atoms with Crippen LogP contribution in [0.3, 0.4) is 0 Å². The average Bonchev–Trinajstić information content (AvgIpc) is 3.07. The summed E-state index contributed by atoms with van der Waals surface area (Å²) in [4.78, 5) is 23.3. The predicted molar refractivity (Wildman–Crippen MR) is 101 cm³/mol. The molecule has 0 radical (unpaired) electrons. The van der Waals surface area contributed by atoms with Crippen molar-refractivity contribution in [2.24, 2.45) is 0 Å². The molecule has 0 fully saturated rings. The number of hydrogen-bond donors (Lipinski definition) is 0. The van der Waals surface area contributed by atoms with Crippen LogP contribution >= 0.6 is 22.7 Å². The van der Waals surface area contributed by atoms with Crippen LogP contribution in [0, 0.1) is 12.3 Å². The van der Waals surface area contributed by atoms with E-state index in [4.69, 9.17) is 6.42 Å². The summed E-state index contributed by atoms with van der Waals surface area (Å²) in [6, 6.07) is 11.7. The minimum absolute atomic E-state index is 0.287. The van der Waals surface area contributed by atoms with Gasteiger partial charge in [0.15, 0.2) is 5.13 Å². The lowest BCUT2D eigenvalue weighted by atomic mass is 10.2. The third-order valence-corrected chi connectivity index (χ3v) is 5.53. The third-order valence-electron chi connectivity index (χ3n) is 3.61. The number of nitrogens with zero attached hydrogens (tertiary/aromatic N) is 3. The monoisotopic (exact) mass is 349 g/mol. The van der Waals surface area contributed by atoms with Crippen LogP contribution in [-0.2, 0) is 0 Å². The Kier molecular flexibility index (Phi) is 3.73. The van der Waals surface area contributed by atoms with Crippen molar-refractivity contribution in [1.82, 2.24) is 9.97 Å². The quantitative estimate of drug-likeness (QED) is 0.524. The maximum Gasteiger partial charge on any atom is 0.282 e. The van der Waals surface area contributed by atoms with E-state index < -0.39 is 0 Å². The third kappa shape index (κ3) is 2.54. The van der Waals surface area contributed by atoms with Gasteiger partial charge in [0, 0.05) is 16.6 Å². The molecular weight excluding hydrogens is 338 g/mol. The fraction of sp³-hybridized carbons (Fsp3) is 0.0556. The number of hydrogen-bond acceptors (Lipinski definition) is 6. The minimum Gasteiger partial charge on any atom is -0.306 e.